The standard InChI is InChI=1S/C17H11F3N6S/c18-17(19,20)16-21-13-9-5-4-8-12(13)15(22-16)27-10-14-23-24-25-26(14)11-6-2-1-3-7-11/h1-9H,10H2. The Bertz CT molecular complexity index is 1080. The number of hydrogen-bond donors (Lipinski definition) is 0. The molecule has 0 atom stereocenters. The van der Waals surface area contributed by atoms with Gasteiger partial charge in [0.2, 0.25) is 5.82 Å². The van der Waals surface area contributed by atoms with Gasteiger partial charge in [0.25, 0.3) is 0 Å². The van der Waals surface area contributed by atoms with Crippen molar-refractivity contribution in [1.29, 1.82) is 0 Å². The third-order valence-electron chi connectivity index (χ3n) is 3.69. The van der Waals surface area contributed by atoms with Crippen molar-refractivity contribution < 1.29 is 13.2 Å². The van der Waals surface area contributed by atoms with Crippen molar-refractivity contribution in [3.05, 3.63) is 66.2 Å². The summed E-state index contributed by atoms with van der Waals surface area (Å²) in [6.45, 7) is 0. The molecular weight excluding hydrogens is 377 g/mol. The van der Waals surface area contributed by atoms with Gasteiger partial charge in [-0.05, 0) is 28.6 Å². The molecule has 0 fully saturated rings. The van der Waals surface area contributed by atoms with Gasteiger partial charge in [-0.2, -0.15) is 17.9 Å². The largest absolute Gasteiger partial charge is 0.451 e. The minimum absolute atomic E-state index is 0.232. The van der Waals surface area contributed by atoms with Crippen LogP contribution in [0.2, 0.25) is 0 Å². The topological polar surface area (TPSA) is 69.4 Å². The average molecular weight is 388 g/mol. The number of tetrazole rings is 1. The molecule has 6 nitrogen and oxygen atoms in total. The van der Waals surface area contributed by atoms with Crippen molar-refractivity contribution in [2.45, 2.75) is 17.0 Å². The zero-order valence-corrected chi connectivity index (χ0v) is 14.4. The fourth-order valence-electron chi connectivity index (χ4n) is 2.48. The molecule has 4 aromatic rings. The van der Waals surface area contributed by atoms with Gasteiger partial charge in [0, 0.05) is 5.39 Å². The number of para-hydroxylation sites is 2. The first kappa shape index (κ1) is 17.4. The lowest BCUT2D eigenvalue weighted by molar-refractivity contribution is -0.145. The summed E-state index contributed by atoms with van der Waals surface area (Å²) in [5.41, 5.74) is 1.01. The number of hydrogen-bond acceptors (Lipinski definition) is 6. The molecule has 0 aliphatic rings. The van der Waals surface area contributed by atoms with Gasteiger partial charge in [-0.25, -0.2) is 9.97 Å². The second-order valence-electron chi connectivity index (χ2n) is 5.50. The molecule has 0 N–H and O–H groups in total. The number of alkyl halides is 3. The lowest BCUT2D eigenvalue weighted by Gasteiger charge is -2.10. The van der Waals surface area contributed by atoms with E-state index < -0.39 is 12.0 Å². The summed E-state index contributed by atoms with van der Waals surface area (Å²) in [4.78, 5) is 7.35. The first-order valence-electron chi connectivity index (χ1n) is 7.82. The molecule has 0 unspecified atom stereocenters. The molecule has 0 amide bonds. The number of aromatic nitrogens is 6. The van der Waals surface area contributed by atoms with Crippen LogP contribution in [-0.4, -0.2) is 30.2 Å². The fourth-order valence-corrected chi connectivity index (χ4v) is 3.41. The minimum atomic E-state index is -4.62. The van der Waals surface area contributed by atoms with Crippen molar-refractivity contribution in [2.24, 2.45) is 0 Å². The molecule has 0 aliphatic carbocycles. The summed E-state index contributed by atoms with van der Waals surface area (Å²) in [6, 6.07) is 15.8. The predicted octanol–water partition coefficient (Wildman–Crippen LogP) is 3.92. The third-order valence-corrected chi connectivity index (χ3v) is 4.68. The van der Waals surface area contributed by atoms with Crippen molar-refractivity contribution in [2.75, 3.05) is 0 Å². The summed E-state index contributed by atoms with van der Waals surface area (Å²) < 4.78 is 40.9. The smallest absolute Gasteiger partial charge is 0.224 e. The molecule has 0 bridgehead atoms. The normalized spacial score (nSPS) is 11.8. The highest BCUT2D eigenvalue weighted by Crippen LogP contribution is 2.33. The van der Waals surface area contributed by atoms with Crippen molar-refractivity contribution in [3.8, 4) is 5.69 Å². The van der Waals surface area contributed by atoms with E-state index in [1.54, 1.807) is 22.9 Å². The van der Waals surface area contributed by atoms with Gasteiger partial charge in [0.15, 0.2) is 5.82 Å². The van der Waals surface area contributed by atoms with Gasteiger partial charge in [0.05, 0.1) is 17.0 Å². The Kier molecular flexibility index (Phi) is 4.48. The molecule has 27 heavy (non-hydrogen) atoms. The highest BCUT2D eigenvalue weighted by molar-refractivity contribution is 7.98. The fraction of sp³-hybridized carbons (Fsp3) is 0.118. The van der Waals surface area contributed by atoms with E-state index in [0.717, 1.165) is 17.4 Å². The summed E-state index contributed by atoms with van der Waals surface area (Å²) in [7, 11) is 0. The number of benzene rings is 2. The van der Waals surface area contributed by atoms with E-state index in [1.165, 1.54) is 6.07 Å². The molecule has 10 heteroatoms. The first-order valence-corrected chi connectivity index (χ1v) is 8.80. The molecule has 0 spiro atoms. The number of fused-ring (bicyclic) bond motifs is 1. The SMILES string of the molecule is FC(F)(F)c1nc(SCc2nnnn2-c2ccccc2)c2ccccc2n1. The third kappa shape index (κ3) is 3.61. The first-order chi connectivity index (χ1) is 13.0. The van der Waals surface area contributed by atoms with Crippen molar-refractivity contribution in [1.82, 2.24) is 30.2 Å². The predicted molar refractivity (Wildman–Crippen MR) is 93.3 cm³/mol. The van der Waals surface area contributed by atoms with Gasteiger partial charge in [-0.15, -0.1) is 5.10 Å². The zero-order valence-electron chi connectivity index (χ0n) is 13.6. The Morgan fingerprint density at radius 3 is 2.44 bits per heavy atom. The zero-order chi connectivity index (χ0) is 18.9. The Labute approximate surface area is 155 Å². The van der Waals surface area contributed by atoms with Crippen LogP contribution < -0.4 is 0 Å². The van der Waals surface area contributed by atoms with Crippen LogP contribution in [-0.2, 0) is 11.9 Å². The van der Waals surface area contributed by atoms with Crippen LogP contribution in [0.3, 0.4) is 0 Å². The van der Waals surface area contributed by atoms with Crippen molar-refractivity contribution >= 4 is 22.7 Å². The van der Waals surface area contributed by atoms with Crippen LogP contribution >= 0.6 is 11.8 Å². The van der Waals surface area contributed by atoms with Crippen LogP contribution in [0.15, 0.2) is 59.6 Å². The Morgan fingerprint density at radius 2 is 1.67 bits per heavy atom. The summed E-state index contributed by atoms with van der Waals surface area (Å²) in [5.74, 6) is -0.408. The van der Waals surface area contributed by atoms with Crippen LogP contribution in [0.1, 0.15) is 11.6 Å². The molecule has 2 aromatic heterocycles. The molecule has 0 radical (unpaired) electrons. The lowest BCUT2D eigenvalue weighted by Crippen LogP contribution is -2.12. The number of thioether (sulfide) groups is 1. The van der Waals surface area contributed by atoms with Gasteiger partial charge >= 0.3 is 6.18 Å². The molecule has 136 valence electrons. The highest BCUT2D eigenvalue weighted by Gasteiger charge is 2.35. The molecule has 0 saturated carbocycles. The number of rotatable bonds is 4. The maximum atomic E-state index is 13.1. The van der Waals surface area contributed by atoms with E-state index in [-0.39, 0.29) is 16.3 Å². The summed E-state index contributed by atoms with van der Waals surface area (Å²) >= 11 is 1.13. The van der Waals surface area contributed by atoms with Crippen LogP contribution in [0, 0.1) is 0 Å². The lowest BCUT2D eigenvalue weighted by atomic mass is 10.2. The minimum Gasteiger partial charge on any atom is -0.224 e. The van der Waals surface area contributed by atoms with E-state index in [4.69, 9.17) is 0 Å². The maximum absolute atomic E-state index is 13.1. The van der Waals surface area contributed by atoms with Crippen molar-refractivity contribution in [3.63, 3.8) is 0 Å². The Morgan fingerprint density at radius 1 is 0.926 bits per heavy atom. The van der Waals surface area contributed by atoms with E-state index >= 15 is 0 Å². The van der Waals surface area contributed by atoms with Crippen LogP contribution in [0.4, 0.5) is 13.2 Å². The van der Waals surface area contributed by atoms with Gasteiger partial charge in [-0.3, -0.25) is 0 Å². The van der Waals surface area contributed by atoms with Gasteiger partial charge < -0.3 is 0 Å². The quantitative estimate of drug-likeness (QED) is 0.390. The molecule has 2 aromatic carbocycles. The second-order valence-corrected chi connectivity index (χ2v) is 6.46. The molecular formula is C17H11F3N6S. The van der Waals surface area contributed by atoms with E-state index in [0.29, 0.717) is 11.2 Å². The summed E-state index contributed by atoms with van der Waals surface area (Å²) in [5, 5.41) is 12.4. The summed E-state index contributed by atoms with van der Waals surface area (Å²) in [6.07, 6.45) is -4.62. The molecule has 4 rings (SSSR count). The number of nitrogens with zero attached hydrogens (tertiary/aromatic N) is 6. The average Bonchev–Trinajstić information content (AvgIpc) is 3.14. The Hall–Kier alpha value is -3.01. The Balaban J connectivity index is 1.68. The molecule has 0 aliphatic heterocycles. The highest BCUT2D eigenvalue weighted by atomic mass is 32.2. The number of halogens is 3. The van der Waals surface area contributed by atoms with Gasteiger partial charge in [0.1, 0.15) is 5.03 Å². The van der Waals surface area contributed by atoms with Crippen LogP contribution in [0.5, 0.6) is 0 Å². The maximum Gasteiger partial charge on any atom is 0.451 e. The van der Waals surface area contributed by atoms with Crippen LogP contribution in [0.25, 0.3) is 16.6 Å². The molecule has 2 heterocycles. The monoisotopic (exact) mass is 388 g/mol. The van der Waals surface area contributed by atoms with E-state index in [2.05, 4.69) is 25.5 Å². The second kappa shape index (κ2) is 6.95. The van der Waals surface area contributed by atoms with E-state index in [9.17, 15) is 13.2 Å². The van der Waals surface area contributed by atoms with E-state index in [1.807, 2.05) is 30.3 Å². The molecule has 0 saturated heterocycles. The van der Waals surface area contributed by atoms with Gasteiger partial charge in [-0.1, -0.05) is 48.2 Å².